The number of carbonyl (C=O) groups excluding carboxylic acids is 2. The van der Waals surface area contributed by atoms with Crippen LogP contribution in [-0.4, -0.2) is 44.0 Å². The highest BCUT2D eigenvalue weighted by molar-refractivity contribution is 6.64. The van der Waals surface area contributed by atoms with E-state index in [0.29, 0.717) is 19.8 Å². The first-order chi connectivity index (χ1) is 10.2. The Morgan fingerprint density at radius 1 is 1.19 bits per heavy atom. The van der Waals surface area contributed by atoms with Crippen molar-refractivity contribution in [1.29, 1.82) is 0 Å². The molecule has 2 heterocycles. The number of hydrogen-bond acceptors (Lipinski definition) is 4. The molecule has 2 fully saturated rings. The van der Waals surface area contributed by atoms with Gasteiger partial charge in [0.05, 0.1) is 30.5 Å². The number of anilines is 2. The Morgan fingerprint density at radius 2 is 1.86 bits per heavy atom. The van der Waals surface area contributed by atoms with E-state index in [2.05, 4.69) is 4.90 Å². The molecule has 0 spiro atoms. The summed E-state index contributed by atoms with van der Waals surface area (Å²) in [4.78, 5) is 27.4. The summed E-state index contributed by atoms with van der Waals surface area (Å²) in [6, 6.07) is 7.79. The van der Waals surface area contributed by atoms with Crippen molar-refractivity contribution in [3.05, 3.63) is 24.3 Å². The van der Waals surface area contributed by atoms with Crippen LogP contribution in [0.5, 0.6) is 0 Å². The Labute approximate surface area is 128 Å². The van der Waals surface area contributed by atoms with E-state index in [1.165, 1.54) is 0 Å². The number of ether oxygens (including phenoxy) is 1. The molecule has 0 aliphatic carbocycles. The van der Waals surface area contributed by atoms with Crippen molar-refractivity contribution in [2.45, 2.75) is 6.42 Å². The molecule has 0 aromatic heterocycles. The van der Waals surface area contributed by atoms with Gasteiger partial charge in [0, 0.05) is 26.1 Å². The van der Waals surface area contributed by atoms with Gasteiger partial charge in [0.1, 0.15) is 0 Å². The molecule has 2 aliphatic heterocycles. The zero-order valence-corrected chi connectivity index (χ0v) is 12.4. The van der Waals surface area contributed by atoms with Gasteiger partial charge in [-0.1, -0.05) is 12.1 Å². The highest BCUT2D eigenvalue weighted by Gasteiger charge is 2.35. The minimum Gasteiger partial charge on any atom is -0.378 e. The van der Waals surface area contributed by atoms with Crippen LogP contribution < -0.4 is 9.80 Å². The lowest BCUT2D eigenvalue weighted by atomic mass is 10.1. The largest absolute Gasteiger partial charge is 0.378 e. The SMILES string of the molecule is O=C(Cl)[C@@H]1CC(=O)N(c2ccccc2N2CCOCC2)C1. The average Bonchev–Trinajstić information content (AvgIpc) is 2.90. The number of nitrogens with zero attached hydrogens (tertiary/aromatic N) is 2. The maximum absolute atomic E-state index is 12.2. The lowest BCUT2D eigenvalue weighted by molar-refractivity contribution is -0.120. The fraction of sp³-hybridized carbons (Fsp3) is 0.467. The van der Waals surface area contributed by atoms with E-state index in [1.54, 1.807) is 4.90 Å². The minimum absolute atomic E-state index is 0.0466. The van der Waals surface area contributed by atoms with Crippen LogP contribution in [0.25, 0.3) is 0 Å². The molecule has 5 nitrogen and oxygen atoms in total. The third-order valence-electron chi connectivity index (χ3n) is 3.97. The summed E-state index contributed by atoms with van der Waals surface area (Å²) in [5, 5.41) is -0.435. The van der Waals surface area contributed by atoms with Crippen LogP contribution in [0, 0.1) is 5.92 Å². The Bertz CT molecular complexity index is 558. The fourth-order valence-electron chi connectivity index (χ4n) is 2.86. The molecular formula is C15H17ClN2O3. The van der Waals surface area contributed by atoms with Gasteiger partial charge in [-0.3, -0.25) is 9.59 Å². The average molecular weight is 309 g/mol. The van der Waals surface area contributed by atoms with Crippen LogP contribution in [0.1, 0.15) is 6.42 Å². The number of amides is 1. The Balaban J connectivity index is 1.88. The molecule has 0 unspecified atom stereocenters. The lowest BCUT2D eigenvalue weighted by Crippen LogP contribution is -2.37. The summed E-state index contributed by atoms with van der Waals surface area (Å²) >= 11 is 5.55. The maximum Gasteiger partial charge on any atom is 0.227 e. The van der Waals surface area contributed by atoms with Gasteiger partial charge in [0.2, 0.25) is 11.1 Å². The summed E-state index contributed by atoms with van der Waals surface area (Å²) in [6.45, 7) is 3.34. The molecule has 2 saturated heterocycles. The second-order valence-corrected chi connectivity index (χ2v) is 5.67. The van der Waals surface area contributed by atoms with Crippen molar-refractivity contribution < 1.29 is 14.3 Å². The monoisotopic (exact) mass is 308 g/mol. The second-order valence-electron chi connectivity index (χ2n) is 5.30. The molecule has 6 heteroatoms. The molecule has 0 radical (unpaired) electrons. The van der Waals surface area contributed by atoms with Crippen molar-refractivity contribution in [2.24, 2.45) is 5.92 Å². The van der Waals surface area contributed by atoms with Crippen molar-refractivity contribution in [2.75, 3.05) is 42.6 Å². The molecule has 21 heavy (non-hydrogen) atoms. The molecule has 0 N–H and O–H groups in total. The van der Waals surface area contributed by atoms with Gasteiger partial charge in [-0.05, 0) is 23.7 Å². The third kappa shape index (κ3) is 2.89. The number of hydrogen-bond donors (Lipinski definition) is 0. The van der Waals surface area contributed by atoms with Gasteiger partial charge in [0.15, 0.2) is 0 Å². The number of para-hydroxylation sites is 2. The molecule has 0 saturated carbocycles. The van der Waals surface area contributed by atoms with E-state index >= 15 is 0 Å². The van der Waals surface area contributed by atoms with E-state index < -0.39 is 11.2 Å². The maximum atomic E-state index is 12.2. The van der Waals surface area contributed by atoms with E-state index in [4.69, 9.17) is 16.3 Å². The molecule has 1 aromatic carbocycles. The van der Waals surface area contributed by atoms with Crippen LogP contribution in [0.4, 0.5) is 11.4 Å². The molecular weight excluding hydrogens is 292 g/mol. The summed E-state index contributed by atoms with van der Waals surface area (Å²) in [7, 11) is 0. The molecule has 1 atom stereocenters. The Hall–Kier alpha value is -1.59. The summed E-state index contributed by atoms with van der Waals surface area (Å²) in [5.74, 6) is -0.452. The summed E-state index contributed by atoms with van der Waals surface area (Å²) < 4.78 is 5.37. The van der Waals surface area contributed by atoms with Crippen molar-refractivity contribution in [3.63, 3.8) is 0 Å². The summed E-state index contributed by atoms with van der Waals surface area (Å²) in [6.07, 6.45) is 0.194. The number of benzene rings is 1. The van der Waals surface area contributed by atoms with Crippen LogP contribution in [0.3, 0.4) is 0 Å². The van der Waals surface area contributed by atoms with Gasteiger partial charge in [-0.2, -0.15) is 0 Å². The van der Waals surface area contributed by atoms with Crippen LogP contribution in [0.15, 0.2) is 24.3 Å². The van der Waals surface area contributed by atoms with E-state index in [1.807, 2.05) is 24.3 Å². The third-order valence-corrected chi connectivity index (χ3v) is 4.28. The van der Waals surface area contributed by atoms with Crippen LogP contribution >= 0.6 is 11.6 Å². The zero-order chi connectivity index (χ0) is 14.8. The predicted molar refractivity (Wildman–Crippen MR) is 80.8 cm³/mol. The lowest BCUT2D eigenvalue weighted by Gasteiger charge is -2.32. The number of rotatable bonds is 3. The second kappa shape index (κ2) is 6.03. The van der Waals surface area contributed by atoms with Gasteiger partial charge >= 0.3 is 0 Å². The molecule has 1 amide bonds. The molecule has 2 aliphatic rings. The first-order valence-corrected chi connectivity index (χ1v) is 7.46. The van der Waals surface area contributed by atoms with Crippen molar-refractivity contribution in [3.8, 4) is 0 Å². The number of carbonyl (C=O) groups is 2. The van der Waals surface area contributed by atoms with E-state index in [-0.39, 0.29) is 12.3 Å². The molecule has 3 rings (SSSR count). The zero-order valence-electron chi connectivity index (χ0n) is 11.6. The first kappa shape index (κ1) is 14.4. The van der Waals surface area contributed by atoms with Crippen LogP contribution in [0.2, 0.25) is 0 Å². The Kier molecular flexibility index (Phi) is 4.12. The topological polar surface area (TPSA) is 49.9 Å². The smallest absolute Gasteiger partial charge is 0.227 e. The highest BCUT2D eigenvalue weighted by Crippen LogP contribution is 2.34. The summed E-state index contributed by atoms with van der Waals surface area (Å²) in [5.41, 5.74) is 1.86. The van der Waals surface area contributed by atoms with Gasteiger partial charge in [0.25, 0.3) is 0 Å². The van der Waals surface area contributed by atoms with Crippen LogP contribution in [-0.2, 0) is 14.3 Å². The first-order valence-electron chi connectivity index (χ1n) is 7.08. The van der Waals surface area contributed by atoms with Gasteiger partial charge in [-0.15, -0.1) is 0 Å². The van der Waals surface area contributed by atoms with E-state index in [0.717, 1.165) is 24.5 Å². The van der Waals surface area contributed by atoms with E-state index in [9.17, 15) is 9.59 Å². The highest BCUT2D eigenvalue weighted by atomic mass is 35.5. The fourth-order valence-corrected chi connectivity index (χ4v) is 3.00. The Morgan fingerprint density at radius 3 is 2.48 bits per heavy atom. The number of morpholine rings is 1. The van der Waals surface area contributed by atoms with Crippen molar-refractivity contribution >= 4 is 34.1 Å². The van der Waals surface area contributed by atoms with Gasteiger partial charge < -0.3 is 14.5 Å². The predicted octanol–water partition coefficient (Wildman–Crippen LogP) is 1.64. The quantitative estimate of drug-likeness (QED) is 0.797. The normalized spacial score (nSPS) is 22.7. The molecule has 1 aromatic rings. The standard InChI is InChI=1S/C15H17ClN2O3/c16-15(20)11-9-14(19)18(10-11)13-4-2-1-3-12(13)17-5-7-21-8-6-17/h1-4,11H,5-10H2/t11-/m1/s1. The molecule has 112 valence electrons. The molecule has 0 bridgehead atoms. The van der Waals surface area contributed by atoms with Gasteiger partial charge in [-0.25, -0.2) is 0 Å². The minimum atomic E-state index is -0.435. The van der Waals surface area contributed by atoms with Crippen molar-refractivity contribution in [1.82, 2.24) is 0 Å². The number of halogens is 1.